The monoisotopic (exact) mass is 304 g/mol. The Morgan fingerprint density at radius 2 is 1.73 bits per heavy atom. The summed E-state index contributed by atoms with van der Waals surface area (Å²) < 4.78 is 42.4. The molecule has 2 aromatic rings. The summed E-state index contributed by atoms with van der Waals surface area (Å²) >= 11 is 0. The molecule has 6 heteroatoms. The summed E-state index contributed by atoms with van der Waals surface area (Å²) in [6.45, 7) is 0.0992. The van der Waals surface area contributed by atoms with Crippen LogP contribution in [0.15, 0.2) is 30.3 Å². The van der Waals surface area contributed by atoms with Gasteiger partial charge in [-0.05, 0) is 23.8 Å². The van der Waals surface area contributed by atoms with E-state index in [2.05, 4.69) is 0 Å². The van der Waals surface area contributed by atoms with Gasteiger partial charge in [-0.15, -0.1) is 0 Å². The molecule has 4 nitrogen and oxygen atoms in total. The van der Waals surface area contributed by atoms with Gasteiger partial charge in [-0.25, -0.2) is 8.78 Å². The Bertz CT molecular complexity index is 788. The molecule has 0 aliphatic carbocycles. The first kappa shape index (κ1) is 13.1. The lowest BCUT2D eigenvalue weighted by Crippen LogP contribution is -2.21. The molecule has 0 spiro atoms. The third-order valence-electron chi connectivity index (χ3n) is 3.82. The van der Waals surface area contributed by atoms with Gasteiger partial charge in [0.1, 0.15) is 5.75 Å². The second-order valence-electron chi connectivity index (χ2n) is 5.15. The molecular formula is C16H10F2O4. The molecule has 0 radical (unpaired) electrons. The molecule has 2 aromatic carbocycles. The van der Waals surface area contributed by atoms with Gasteiger partial charge in [-0.2, -0.15) is 0 Å². The highest BCUT2D eigenvalue weighted by Gasteiger charge is 2.31. The van der Waals surface area contributed by atoms with E-state index in [9.17, 15) is 13.6 Å². The number of esters is 1. The molecule has 112 valence electrons. The van der Waals surface area contributed by atoms with E-state index in [1.54, 1.807) is 12.1 Å². The van der Waals surface area contributed by atoms with Gasteiger partial charge >= 0.3 is 5.97 Å². The van der Waals surface area contributed by atoms with Crippen LogP contribution >= 0.6 is 0 Å². The predicted octanol–water partition coefficient (Wildman–Crippen LogP) is 3.13. The standard InChI is InChI=1S/C16H10F2O4/c17-11-2-1-8(3-12(11)18)9-5-16(19)22-13-6-15-14(4-10(9)13)20-7-21-15/h1-4,6,9H,5,7H2/t9-/m1/s1. The minimum atomic E-state index is -0.946. The minimum Gasteiger partial charge on any atom is -0.454 e. The van der Waals surface area contributed by atoms with Crippen molar-refractivity contribution in [1.82, 2.24) is 0 Å². The van der Waals surface area contributed by atoms with Crippen LogP contribution in [0.1, 0.15) is 23.5 Å². The van der Waals surface area contributed by atoms with Crippen molar-refractivity contribution < 1.29 is 27.8 Å². The van der Waals surface area contributed by atoms with Gasteiger partial charge in [0, 0.05) is 17.5 Å². The van der Waals surface area contributed by atoms with Gasteiger partial charge in [-0.3, -0.25) is 4.79 Å². The molecule has 0 amide bonds. The van der Waals surface area contributed by atoms with E-state index in [0.717, 1.165) is 12.1 Å². The summed E-state index contributed by atoms with van der Waals surface area (Å²) in [7, 11) is 0. The molecule has 22 heavy (non-hydrogen) atoms. The van der Waals surface area contributed by atoms with Crippen LogP contribution in [-0.2, 0) is 4.79 Å². The molecular weight excluding hydrogens is 294 g/mol. The van der Waals surface area contributed by atoms with E-state index < -0.39 is 23.5 Å². The second kappa shape index (κ2) is 4.69. The SMILES string of the molecule is O=C1C[C@H](c2ccc(F)c(F)c2)c2cc3c(cc2O1)OCO3. The number of rotatable bonds is 1. The Labute approximate surface area is 124 Å². The molecule has 0 bridgehead atoms. The smallest absolute Gasteiger partial charge is 0.312 e. The third-order valence-corrected chi connectivity index (χ3v) is 3.82. The number of ether oxygens (including phenoxy) is 3. The summed E-state index contributed by atoms with van der Waals surface area (Å²) in [5.74, 6) is -1.31. The van der Waals surface area contributed by atoms with E-state index >= 15 is 0 Å². The van der Waals surface area contributed by atoms with Crippen LogP contribution in [0.4, 0.5) is 8.78 Å². The van der Waals surface area contributed by atoms with E-state index in [1.807, 2.05) is 0 Å². The highest BCUT2D eigenvalue weighted by atomic mass is 19.2. The van der Waals surface area contributed by atoms with Crippen molar-refractivity contribution in [2.75, 3.05) is 6.79 Å². The van der Waals surface area contributed by atoms with Crippen LogP contribution in [0.3, 0.4) is 0 Å². The number of fused-ring (bicyclic) bond motifs is 2. The molecule has 4 rings (SSSR count). The maximum atomic E-state index is 13.5. The van der Waals surface area contributed by atoms with Gasteiger partial charge in [0.15, 0.2) is 23.1 Å². The number of benzene rings is 2. The fourth-order valence-electron chi connectivity index (χ4n) is 2.77. The third kappa shape index (κ3) is 1.99. The average Bonchev–Trinajstić information content (AvgIpc) is 2.94. The van der Waals surface area contributed by atoms with Crippen LogP contribution in [-0.4, -0.2) is 12.8 Å². The topological polar surface area (TPSA) is 44.8 Å². The Balaban J connectivity index is 1.84. The van der Waals surface area contributed by atoms with Gasteiger partial charge in [0.05, 0.1) is 6.42 Å². The Kier molecular flexibility index (Phi) is 2.79. The fourth-order valence-corrected chi connectivity index (χ4v) is 2.77. The number of hydrogen-bond donors (Lipinski definition) is 0. The zero-order valence-corrected chi connectivity index (χ0v) is 11.3. The molecule has 0 aromatic heterocycles. The number of carbonyl (C=O) groups excluding carboxylic acids is 1. The van der Waals surface area contributed by atoms with Crippen LogP contribution in [0.25, 0.3) is 0 Å². The zero-order valence-electron chi connectivity index (χ0n) is 11.3. The average molecular weight is 304 g/mol. The lowest BCUT2D eigenvalue weighted by Gasteiger charge is -2.25. The van der Waals surface area contributed by atoms with Gasteiger partial charge < -0.3 is 14.2 Å². The molecule has 0 unspecified atom stereocenters. The maximum Gasteiger partial charge on any atom is 0.312 e. The molecule has 0 fully saturated rings. The fraction of sp³-hybridized carbons (Fsp3) is 0.188. The molecule has 2 aliphatic rings. The first-order valence-electron chi connectivity index (χ1n) is 6.71. The van der Waals surface area contributed by atoms with Gasteiger partial charge in [0.2, 0.25) is 6.79 Å². The zero-order chi connectivity index (χ0) is 15.3. The Morgan fingerprint density at radius 1 is 0.955 bits per heavy atom. The number of halogens is 2. The predicted molar refractivity (Wildman–Crippen MR) is 71.0 cm³/mol. The number of carbonyl (C=O) groups is 1. The summed E-state index contributed by atoms with van der Waals surface area (Å²) in [5, 5.41) is 0. The minimum absolute atomic E-state index is 0.0533. The van der Waals surface area contributed by atoms with Crippen LogP contribution in [0, 0.1) is 11.6 Å². The maximum absolute atomic E-state index is 13.5. The summed E-state index contributed by atoms with van der Waals surface area (Å²) in [4.78, 5) is 11.8. The summed E-state index contributed by atoms with van der Waals surface area (Å²) in [6.07, 6.45) is 0.0533. The number of hydrogen-bond acceptors (Lipinski definition) is 4. The highest BCUT2D eigenvalue weighted by Crippen LogP contribution is 2.46. The van der Waals surface area contributed by atoms with Crippen molar-refractivity contribution in [2.45, 2.75) is 12.3 Å². The van der Waals surface area contributed by atoms with Crippen molar-refractivity contribution in [2.24, 2.45) is 0 Å². The lowest BCUT2D eigenvalue weighted by molar-refractivity contribution is -0.135. The highest BCUT2D eigenvalue weighted by molar-refractivity contribution is 5.78. The Morgan fingerprint density at radius 3 is 2.50 bits per heavy atom. The van der Waals surface area contributed by atoms with Crippen molar-refractivity contribution >= 4 is 5.97 Å². The van der Waals surface area contributed by atoms with E-state index in [4.69, 9.17) is 14.2 Å². The Hall–Kier alpha value is -2.63. The molecule has 0 N–H and O–H groups in total. The van der Waals surface area contributed by atoms with Gasteiger partial charge in [0.25, 0.3) is 0 Å². The van der Waals surface area contributed by atoms with Crippen molar-refractivity contribution in [1.29, 1.82) is 0 Å². The normalized spacial score (nSPS) is 18.8. The van der Waals surface area contributed by atoms with Crippen molar-refractivity contribution in [3.05, 3.63) is 53.1 Å². The van der Waals surface area contributed by atoms with Crippen LogP contribution < -0.4 is 14.2 Å². The molecule has 0 saturated carbocycles. The second-order valence-corrected chi connectivity index (χ2v) is 5.15. The first-order chi connectivity index (χ1) is 10.6. The largest absolute Gasteiger partial charge is 0.454 e. The summed E-state index contributed by atoms with van der Waals surface area (Å²) in [6, 6.07) is 6.93. The van der Waals surface area contributed by atoms with E-state index in [-0.39, 0.29) is 13.2 Å². The van der Waals surface area contributed by atoms with Crippen LogP contribution in [0.5, 0.6) is 17.2 Å². The summed E-state index contributed by atoms with van der Waals surface area (Å²) in [5.41, 5.74) is 1.20. The molecule has 0 saturated heterocycles. The quantitative estimate of drug-likeness (QED) is 0.600. The lowest BCUT2D eigenvalue weighted by atomic mass is 9.86. The molecule has 1 atom stereocenters. The molecule has 2 heterocycles. The molecule has 2 aliphatic heterocycles. The van der Waals surface area contributed by atoms with Crippen molar-refractivity contribution in [3.8, 4) is 17.2 Å². The van der Waals surface area contributed by atoms with Crippen LogP contribution in [0.2, 0.25) is 0 Å². The van der Waals surface area contributed by atoms with E-state index in [0.29, 0.717) is 28.4 Å². The van der Waals surface area contributed by atoms with Crippen molar-refractivity contribution in [3.63, 3.8) is 0 Å². The van der Waals surface area contributed by atoms with Gasteiger partial charge in [-0.1, -0.05) is 6.07 Å². The van der Waals surface area contributed by atoms with E-state index in [1.165, 1.54) is 6.07 Å². The first-order valence-corrected chi connectivity index (χ1v) is 6.71.